The number of pyridine rings is 1. The van der Waals surface area contributed by atoms with E-state index in [0.29, 0.717) is 24.5 Å². The van der Waals surface area contributed by atoms with Gasteiger partial charge in [0, 0.05) is 29.2 Å². The molecule has 2 unspecified atom stereocenters. The number of rotatable bonds is 6. The van der Waals surface area contributed by atoms with Crippen molar-refractivity contribution in [2.24, 2.45) is 11.8 Å². The molecule has 176 valence electrons. The summed E-state index contributed by atoms with van der Waals surface area (Å²) in [5.74, 6) is -1.77. The smallest absolute Gasteiger partial charge is 0.414 e. The lowest BCUT2D eigenvalue weighted by Crippen LogP contribution is -2.37. The van der Waals surface area contributed by atoms with Gasteiger partial charge in [0.1, 0.15) is 17.3 Å². The minimum atomic E-state index is -3.17. The number of anilines is 1. The van der Waals surface area contributed by atoms with Gasteiger partial charge in [-0.25, -0.2) is 9.18 Å². The molecule has 0 spiro atoms. The Bertz CT molecular complexity index is 1170. The average Bonchev–Trinajstić information content (AvgIpc) is 3.12. The normalized spacial score (nSPS) is 27.3. The van der Waals surface area contributed by atoms with Crippen LogP contribution in [-0.2, 0) is 19.7 Å². The summed E-state index contributed by atoms with van der Waals surface area (Å²) in [4.78, 5) is 28.8. The van der Waals surface area contributed by atoms with E-state index >= 15 is 0 Å². The molecule has 1 aromatic heterocycles. The van der Waals surface area contributed by atoms with Crippen LogP contribution in [0.15, 0.2) is 36.5 Å². The van der Waals surface area contributed by atoms with Crippen molar-refractivity contribution in [1.29, 1.82) is 5.26 Å². The summed E-state index contributed by atoms with van der Waals surface area (Å²) in [6, 6.07) is 10.0. The molecule has 3 atom stereocenters. The molecule has 1 saturated carbocycles. The molecule has 34 heavy (non-hydrogen) atoms. The minimum Gasteiger partial charge on any atom is -0.442 e. The number of carbonyl (C=O) groups excluding carboxylic acids is 2. The summed E-state index contributed by atoms with van der Waals surface area (Å²) in [6.07, 6.45) is -3.25. The number of nitriles is 1. The highest BCUT2D eigenvalue weighted by Crippen LogP contribution is 2.62. The first-order valence-electron chi connectivity index (χ1n) is 10.6. The number of carbonyl (C=O) groups is 2. The molecule has 1 aromatic carbocycles. The fourth-order valence-electron chi connectivity index (χ4n) is 4.79. The van der Waals surface area contributed by atoms with Crippen LogP contribution in [0.3, 0.4) is 0 Å². The summed E-state index contributed by atoms with van der Waals surface area (Å²) in [5, 5.41) is 11.7. The number of halogens is 3. The van der Waals surface area contributed by atoms with Crippen molar-refractivity contribution in [2.75, 3.05) is 31.2 Å². The van der Waals surface area contributed by atoms with E-state index in [1.54, 1.807) is 12.1 Å². The Morgan fingerprint density at radius 2 is 2.06 bits per heavy atom. The van der Waals surface area contributed by atoms with Crippen molar-refractivity contribution in [1.82, 2.24) is 10.3 Å². The van der Waals surface area contributed by atoms with Crippen molar-refractivity contribution in [3.8, 4) is 17.2 Å². The molecule has 2 saturated heterocycles. The van der Waals surface area contributed by atoms with Crippen molar-refractivity contribution in [3.63, 3.8) is 0 Å². The van der Waals surface area contributed by atoms with Crippen LogP contribution in [0.1, 0.15) is 5.69 Å². The van der Waals surface area contributed by atoms with E-state index in [1.165, 1.54) is 24.4 Å². The number of ether oxygens (including phenoxy) is 2. The van der Waals surface area contributed by atoms with Crippen LogP contribution in [0.25, 0.3) is 11.1 Å². The third-order valence-electron chi connectivity index (χ3n) is 6.67. The number of hydrogen-bond acceptors (Lipinski definition) is 6. The van der Waals surface area contributed by atoms with E-state index in [4.69, 9.17) is 9.47 Å². The molecule has 3 fully saturated rings. The van der Waals surface area contributed by atoms with Gasteiger partial charge in [-0.3, -0.25) is 14.7 Å². The fourth-order valence-corrected chi connectivity index (χ4v) is 4.79. The minimum absolute atomic E-state index is 0.0281. The Hall–Kier alpha value is -3.65. The topological polar surface area (TPSA) is 105 Å². The Balaban J connectivity index is 1.28. The number of nitrogens with zero attached hydrogens (tertiary/aromatic N) is 3. The van der Waals surface area contributed by atoms with Gasteiger partial charge in [-0.05, 0) is 24.3 Å². The summed E-state index contributed by atoms with van der Waals surface area (Å²) in [6.45, 7) is 0.772. The highest BCUT2D eigenvalue weighted by Gasteiger charge is 2.70. The first-order chi connectivity index (χ1) is 16.3. The number of amides is 2. The molecule has 2 aliphatic heterocycles. The SMILES string of the molecule is N#CC1(c2ccc(-c3ccc(N4C[C@H](CNC(=O)C(F)F)OC4=O)cc3F)cn2)C2COCC21. The van der Waals surface area contributed by atoms with Gasteiger partial charge in [0.15, 0.2) is 0 Å². The maximum absolute atomic E-state index is 14.9. The van der Waals surface area contributed by atoms with E-state index in [9.17, 15) is 28.0 Å². The van der Waals surface area contributed by atoms with Gasteiger partial charge in [-0.1, -0.05) is 6.07 Å². The van der Waals surface area contributed by atoms with E-state index in [0.717, 1.165) is 4.90 Å². The molecule has 2 amide bonds. The molecule has 11 heteroatoms. The molecule has 3 aliphatic rings. The Kier molecular flexibility index (Phi) is 5.40. The summed E-state index contributed by atoms with van der Waals surface area (Å²) in [7, 11) is 0. The summed E-state index contributed by atoms with van der Waals surface area (Å²) >= 11 is 0. The molecule has 0 radical (unpaired) electrons. The number of cyclic esters (lactones) is 1. The van der Waals surface area contributed by atoms with Gasteiger partial charge < -0.3 is 14.8 Å². The highest BCUT2D eigenvalue weighted by atomic mass is 19.3. The van der Waals surface area contributed by atoms with Crippen LogP contribution in [0.2, 0.25) is 0 Å². The third kappa shape index (κ3) is 3.54. The second-order valence-electron chi connectivity index (χ2n) is 8.49. The highest BCUT2D eigenvalue weighted by molar-refractivity contribution is 5.90. The van der Waals surface area contributed by atoms with Gasteiger partial charge in [-0.15, -0.1) is 0 Å². The van der Waals surface area contributed by atoms with Gasteiger partial charge in [-0.2, -0.15) is 14.0 Å². The number of fused-ring (bicyclic) bond motifs is 1. The van der Waals surface area contributed by atoms with Crippen LogP contribution < -0.4 is 10.2 Å². The monoisotopic (exact) mass is 472 g/mol. The zero-order chi connectivity index (χ0) is 24.0. The summed E-state index contributed by atoms with van der Waals surface area (Å²) < 4.78 is 50.0. The predicted octanol–water partition coefficient (Wildman–Crippen LogP) is 2.63. The van der Waals surface area contributed by atoms with E-state index in [-0.39, 0.29) is 36.2 Å². The zero-order valence-electron chi connectivity index (χ0n) is 17.7. The Labute approximate surface area is 192 Å². The molecule has 0 bridgehead atoms. The van der Waals surface area contributed by atoms with Gasteiger partial charge in [0.05, 0.1) is 43.8 Å². The Morgan fingerprint density at radius 1 is 1.29 bits per heavy atom. The number of alkyl halides is 2. The second-order valence-corrected chi connectivity index (χ2v) is 8.49. The fraction of sp³-hybridized carbons (Fsp3) is 0.391. The third-order valence-corrected chi connectivity index (χ3v) is 6.67. The lowest BCUT2D eigenvalue weighted by molar-refractivity contribution is -0.132. The predicted molar refractivity (Wildman–Crippen MR) is 111 cm³/mol. The van der Waals surface area contributed by atoms with Crippen LogP contribution in [-0.4, -0.2) is 55.8 Å². The standard InChI is InChI=1S/C23H19F3N4O4/c24-18-5-13(30-8-14(34-22(30)32)7-29-21(31)20(25)26)2-3-15(18)12-1-4-19(28-6-12)23(11-27)16-9-33-10-17(16)23/h1-6,14,16-17,20H,7-10H2,(H,29,31)/t14-,16?,17?,23?/m0/s1. The lowest BCUT2D eigenvalue weighted by atomic mass is 9.96. The number of nitrogens with one attached hydrogen (secondary N) is 1. The maximum atomic E-state index is 14.9. The largest absolute Gasteiger partial charge is 0.442 e. The lowest BCUT2D eigenvalue weighted by Gasteiger charge is -2.15. The number of aromatic nitrogens is 1. The number of benzene rings is 1. The van der Waals surface area contributed by atoms with Crippen molar-refractivity contribution in [2.45, 2.75) is 17.9 Å². The first-order valence-corrected chi connectivity index (χ1v) is 10.6. The average molecular weight is 472 g/mol. The maximum Gasteiger partial charge on any atom is 0.414 e. The van der Waals surface area contributed by atoms with Crippen molar-refractivity contribution < 1.29 is 32.2 Å². The molecule has 8 nitrogen and oxygen atoms in total. The van der Waals surface area contributed by atoms with Crippen molar-refractivity contribution >= 4 is 17.7 Å². The first kappa shape index (κ1) is 22.2. The van der Waals surface area contributed by atoms with Crippen LogP contribution in [0, 0.1) is 29.0 Å². The molecule has 3 heterocycles. The van der Waals surface area contributed by atoms with E-state index in [1.807, 2.05) is 5.32 Å². The number of hydrogen-bond donors (Lipinski definition) is 1. The molecule has 1 N–H and O–H groups in total. The molecule has 2 aromatic rings. The van der Waals surface area contributed by atoms with Crippen LogP contribution >= 0.6 is 0 Å². The van der Waals surface area contributed by atoms with Crippen LogP contribution in [0.4, 0.5) is 23.7 Å². The molecule has 1 aliphatic carbocycles. The second kappa shape index (κ2) is 8.29. The van der Waals surface area contributed by atoms with Gasteiger partial charge >= 0.3 is 12.5 Å². The Morgan fingerprint density at radius 3 is 2.68 bits per heavy atom. The van der Waals surface area contributed by atoms with Crippen LogP contribution in [0.5, 0.6) is 0 Å². The zero-order valence-corrected chi connectivity index (χ0v) is 17.7. The molecular weight excluding hydrogens is 453 g/mol. The van der Waals surface area contributed by atoms with Gasteiger partial charge in [0.2, 0.25) is 0 Å². The quantitative estimate of drug-likeness (QED) is 0.693. The summed E-state index contributed by atoms with van der Waals surface area (Å²) in [5.41, 5.74) is 1.02. The van der Waals surface area contributed by atoms with E-state index < -0.39 is 35.8 Å². The molecule has 5 rings (SSSR count). The van der Waals surface area contributed by atoms with E-state index in [2.05, 4.69) is 11.1 Å². The van der Waals surface area contributed by atoms with Crippen molar-refractivity contribution in [3.05, 3.63) is 48.0 Å². The van der Waals surface area contributed by atoms with Gasteiger partial charge in [0.25, 0.3) is 5.91 Å². The molecular formula is C23H19F3N4O4.